The van der Waals surface area contributed by atoms with Gasteiger partial charge in [0.05, 0.1) is 6.54 Å². The fourth-order valence-corrected chi connectivity index (χ4v) is 0.891. The van der Waals surface area contributed by atoms with Gasteiger partial charge >= 0.3 is 0 Å². The molecule has 0 rings (SSSR count). The van der Waals surface area contributed by atoms with Crippen molar-refractivity contribution in [2.45, 2.75) is 46.6 Å². The molecule has 0 aromatic carbocycles. The highest BCUT2D eigenvalue weighted by Gasteiger charge is 2.11. The average Bonchev–Trinajstić information content (AvgIpc) is 1.80. The molecule has 0 fully saturated rings. The average molecular weight is 171 g/mol. The maximum atomic E-state index is 11.2. The molecule has 0 spiro atoms. The topological polar surface area (TPSA) is 29.1 Å². The third-order valence-electron chi connectivity index (χ3n) is 1.45. The standard InChI is InChI=1S/C10H21NO/c1-8(2)6-9(12)7-11-10(3,4)5/h8,11H,6-7H2,1-5H3. The zero-order chi connectivity index (χ0) is 9.78. The Bertz CT molecular complexity index is 144. The molecule has 2 heteroatoms. The lowest BCUT2D eigenvalue weighted by atomic mass is 10.1. The van der Waals surface area contributed by atoms with Gasteiger partial charge in [-0.25, -0.2) is 0 Å². The smallest absolute Gasteiger partial charge is 0.146 e. The molecular weight excluding hydrogens is 150 g/mol. The summed E-state index contributed by atoms with van der Waals surface area (Å²) in [5.74, 6) is 0.777. The Morgan fingerprint density at radius 3 is 2.17 bits per heavy atom. The van der Waals surface area contributed by atoms with Crippen molar-refractivity contribution < 1.29 is 4.79 Å². The van der Waals surface area contributed by atoms with Crippen LogP contribution in [0.3, 0.4) is 0 Å². The van der Waals surface area contributed by atoms with Crippen molar-refractivity contribution in [3.63, 3.8) is 0 Å². The van der Waals surface area contributed by atoms with Crippen molar-refractivity contribution in [1.29, 1.82) is 0 Å². The molecule has 0 heterocycles. The number of carbonyl (C=O) groups excluding carboxylic acids is 1. The molecule has 0 aliphatic carbocycles. The van der Waals surface area contributed by atoms with E-state index in [-0.39, 0.29) is 5.54 Å². The van der Waals surface area contributed by atoms with Gasteiger partial charge in [0.25, 0.3) is 0 Å². The van der Waals surface area contributed by atoms with E-state index in [9.17, 15) is 4.79 Å². The van der Waals surface area contributed by atoms with Crippen LogP contribution in [0, 0.1) is 5.92 Å². The van der Waals surface area contributed by atoms with E-state index in [0.717, 1.165) is 0 Å². The second-order valence-corrected chi connectivity index (χ2v) is 4.74. The van der Waals surface area contributed by atoms with Crippen molar-refractivity contribution in [1.82, 2.24) is 5.32 Å². The zero-order valence-corrected chi connectivity index (χ0v) is 8.90. The number of Topliss-reactive ketones (excluding diaryl/α,β-unsaturated/α-hetero) is 1. The normalized spacial score (nSPS) is 12.2. The van der Waals surface area contributed by atoms with Crippen molar-refractivity contribution in [2.24, 2.45) is 5.92 Å². The molecule has 0 atom stereocenters. The van der Waals surface area contributed by atoms with Crippen molar-refractivity contribution >= 4 is 5.78 Å². The maximum Gasteiger partial charge on any atom is 0.146 e. The van der Waals surface area contributed by atoms with Gasteiger partial charge in [-0.2, -0.15) is 0 Å². The van der Waals surface area contributed by atoms with Gasteiger partial charge in [-0.05, 0) is 26.7 Å². The number of ketones is 1. The summed E-state index contributed by atoms with van der Waals surface area (Å²) in [6.07, 6.45) is 0.684. The van der Waals surface area contributed by atoms with E-state index < -0.39 is 0 Å². The van der Waals surface area contributed by atoms with Crippen LogP contribution in [0.5, 0.6) is 0 Å². The Kier molecular flexibility index (Phi) is 4.46. The summed E-state index contributed by atoms with van der Waals surface area (Å²) in [7, 11) is 0. The van der Waals surface area contributed by atoms with Crippen molar-refractivity contribution in [2.75, 3.05) is 6.54 Å². The molecule has 0 saturated heterocycles. The minimum Gasteiger partial charge on any atom is -0.305 e. The van der Waals surface area contributed by atoms with Crippen LogP contribution in [0.1, 0.15) is 41.0 Å². The minimum atomic E-state index is 0.0483. The summed E-state index contributed by atoms with van der Waals surface area (Å²) >= 11 is 0. The van der Waals surface area contributed by atoms with Crippen LogP contribution in [-0.4, -0.2) is 17.9 Å². The van der Waals surface area contributed by atoms with Crippen LogP contribution in [0.25, 0.3) is 0 Å². The molecule has 0 amide bonds. The van der Waals surface area contributed by atoms with E-state index in [0.29, 0.717) is 24.7 Å². The minimum absolute atomic E-state index is 0.0483. The SMILES string of the molecule is CC(C)CC(=O)CNC(C)(C)C. The fraction of sp³-hybridized carbons (Fsp3) is 0.900. The quantitative estimate of drug-likeness (QED) is 0.701. The Morgan fingerprint density at radius 2 is 1.83 bits per heavy atom. The van der Waals surface area contributed by atoms with Gasteiger partial charge in [0.15, 0.2) is 0 Å². The van der Waals surface area contributed by atoms with Crippen molar-refractivity contribution in [3.05, 3.63) is 0 Å². The molecule has 72 valence electrons. The maximum absolute atomic E-state index is 11.2. The van der Waals surface area contributed by atoms with Gasteiger partial charge < -0.3 is 5.32 Å². The first-order valence-electron chi connectivity index (χ1n) is 4.58. The lowest BCUT2D eigenvalue weighted by molar-refractivity contribution is -0.119. The molecule has 1 N–H and O–H groups in total. The lowest BCUT2D eigenvalue weighted by Gasteiger charge is -2.20. The number of hydrogen-bond donors (Lipinski definition) is 1. The summed E-state index contributed by atoms with van der Waals surface area (Å²) in [5, 5.41) is 3.18. The third-order valence-corrected chi connectivity index (χ3v) is 1.45. The van der Waals surface area contributed by atoms with Crippen LogP contribution in [0.4, 0.5) is 0 Å². The molecule has 12 heavy (non-hydrogen) atoms. The predicted molar refractivity (Wildman–Crippen MR) is 52.2 cm³/mol. The fourth-order valence-electron chi connectivity index (χ4n) is 0.891. The van der Waals surface area contributed by atoms with Gasteiger partial charge in [0.2, 0.25) is 0 Å². The van der Waals surface area contributed by atoms with Crippen LogP contribution in [0.15, 0.2) is 0 Å². The molecule has 2 nitrogen and oxygen atoms in total. The summed E-state index contributed by atoms with van der Waals surface area (Å²) < 4.78 is 0. The summed E-state index contributed by atoms with van der Waals surface area (Å²) in [4.78, 5) is 11.2. The van der Waals surface area contributed by atoms with Crippen molar-refractivity contribution in [3.8, 4) is 0 Å². The molecule has 0 bridgehead atoms. The van der Waals surface area contributed by atoms with E-state index >= 15 is 0 Å². The van der Waals surface area contributed by atoms with E-state index in [2.05, 4.69) is 39.9 Å². The van der Waals surface area contributed by atoms with Gasteiger partial charge in [-0.1, -0.05) is 13.8 Å². The summed E-state index contributed by atoms with van der Waals surface area (Å²) in [6, 6.07) is 0. The Labute approximate surface area is 75.7 Å². The zero-order valence-electron chi connectivity index (χ0n) is 8.90. The summed E-state index contributed by atoms with van der Waals surface area (Å²) in [6.45, 7) is 10.8. The van der Waals surface area contributed by atoms with E-state index in [4.69, 9.17) is 0 Å². The lowest BCUT2D eigenvalue weighted by Crippen LogP contribution is -2.39. The monoisotopic (exact) mass is 171 g/mol. The number of nitrogens with one attached hydrogen (secondary N) is 1. The Morgan fingerprint density at radius 1 is 1.33 bits per heavy atom. The largest absolute Gasteiger partial charge is 0.305 e. The first-order valence-corrected chi connectivity index (χ1v) is 4.58. The molecule has 0 saturated carbocycles. The molecule has 0 aromatic heterocycles. The van der Waals surface area contributed by atoms with Gasteiger partial charge in [0, 0.05) is 12.0 Å². The van der Waals surface area contributed by atoms with Gasteiger partial charge in [0.1, 0.15) is 5.78 Å². The number of rotatable bonds is 4. The molecule has 0 aliphatic rings. The molecule has 0 radical (unpaired) electrons. The molecule has 0 aromatic rings. The Balaban J connectivity index is 3.58. The number of carbonyl (C=O) groups is 1. The highest BCUT2D eigenvalue weighted by atomic mass is 16.1. The van der Waals surface area contributed by atoms with Crippen LogP contribution < -0.4 is 5.32 Å². The number of hydrogen-bond acceptors (Lipinski definition) is 2. The third kappa shape index (κ3) is 7.73. The first kappa shape index (κ1) is 11.6. The van der Waals surface area contributed by atoms with E-state index in [1.165, 1.54) is 0 Å². The molecule has 0 aliphatic heterocycles. The van der Waals surface area contributed by atoms with Gasteiger partial charge in [-0.15, -0.1) is 0 Å². The van der Waals surface area contributed by atoms with Crippen LogP contribution in [0.2, 0.25) is 0 Å². The van der Waals surface area contributed by atoms with E-state index in [1.54, 1.807) is 0 Å². The highest BCUT2D eigenvalue weighted by Crippen LogP contribution is 2.01. The summed E-state index contributed by atoms with van der Waals surface area (Å²) in [5.41, 5.74) is 0.0483. The molecule has 0 unspecified atom stereocenters. The second kappa shape index (κ2) is 4.61. The van der Waals surface area contributed by atoms with Crippen LogP contribution >= 0.6 is 0 Å². The Hall–Kier alpha value is -0.370. The highest BCUT2D eigenvalue weighted by molar-refractivity contribution is 5.80. The predicted octanol–water partition coefficient (Wildman–Crippen LogP) is 1.99. The second-order valence-electron chi connectivity index (χ2n) is 4.74. The first-order chi connectivity index (χ1) is 5.31. The van der Waals surface area contributed by atoms with E-state index in [1.807, 2.05) is 0 Å². The molecular formula is C10H21NO. The van der Waals surface area contributed by atoms with Crippen LogP contribution in [-0.2, 0) is 4.79 Å². The van der Waals surface area contributed by atoms with Gasteiger partial charge in [-0.3, -0.25) is 4.79 Å².